The van der Waals surface area contributed by atoms with Crippen LogP contribution in [0.4, 0.5) is 0 Å². The second-order valence-electron chi connectivity index (χ2n) is 10.1. The van der Waals surface area contributed by atoms with E-state index in [0.29, 0.717) is 12.5 Å². The largest absolute Gasteiger partial charge is 0.481 e. The van der Waals surface area contributed by atoms with Gasteiger partial charge in [-0.2, -0.15) is 0 Å². The van der Waals surface area contributed by atoms with E-state index in [1.165, 1.54) is 21.0 Å². The first-order chi connectivity index (χ1) is 18.9. The second kappa shape index (κ2) is 17.9. The number of nitrogens with one attached hydrogen (secondary N) is 1. The topological polar surface area (TPSA) is 155 Å². The third-order valence-corrected chi connectivity index (χ3v) is 7.75. The molecular formula is C29H51NO10. The lowest BCUT2D eigenvalue weighted by atomic mass is 9.67. The van der Waals surface area contributed by atoms with Gasteiger partial charge in [-0.05, 0) is 38.1 Å². The van der Waals surface area contributed by atoms with Crippen LogP contribution in [0.3, 0.4) is 0 Å². The van der Waals surface area contributed by atoms with Gasteiger partial charge in [0.05, 0.1) is 25.9 Å². The van der Waals surface area contributed by atoms with Crippen molar-refractivity contribution < 1.29 is 48.0 Å². The number of ether oxygens (including phenoxy) is 4. The molecule has 0 spiro atoms. The number of carboxylic acids is 1. The Bertz CT molecular complexity index is 847. The summed E-state index contributed by atoms with van der Waals surface area (Å²) < 4.78 is 21.5. The van der Waals surface area contributed by atoms with Gasteiger partial charge in [-0.15, -0.1) is 0 Å². The van der Waals surface area contributed by atoms with E-state index < -0.39 is 23.5 Å². The molecule has 11 nitrogen and oxygen atoms in total. The molecule has 0 aromatic carbocycles. The predicted molar refractivity (Wildman–Crippen MR) is 148 cm³/mol. The zero-order valence-electron chi connectivity index (χ0n) is 25.9. The van der Waals surface area contributed by atoms with Crippen LogP contribution >= 0.6 is 0 Å². The fourth-order valence-electron chi connectivity index (χ4n) is 6.25. The highest BCUT2D eigenvalue weighted by molar-refractivity contribution is 5.76. The van der Waals surface area contributed by atoms with Gasteiger partial charge < -0.3 is 29.4 Å². The Morgan fingerprint density at radius 3 is 2.08 bits per heavy atom. The molecule has 2 saturated carbocycles. The highest BCUT2D eigenvalue weighted by atomic mass is 16.6. The Labute approximate surface area is 239 Å². The summed E-state index contributed by atoms with van der Waals surface area (Å²) in [4.78, 5) is 56.3. The van der Waals surface area contributed by atoms with Crippen LogP contribution in [0.2, 0.25) is 0 Å². The van der Waals surface area contributed by atoms with Gasteiger partial charge in [0.25, 0.3) is 0 Å². The van der Waals surface area contributed by atoms with E-state index in [2.05, 4.69) is 23.9 Å². The number of aliphatic carboxylic acids is 1. The molecule has 0 bridgehead atoms. The van der Waals surface area contributed by atoms with Gasteiger partial charge >= 0.3 is 29.8 Å². The molecule has 0 amide bonds. The van der Waals surface area contributed by atoms with Crippen molar-refractivity contribution in [2.75, 3.05) is 20.7 Å². The number of carboxylic acid groups (broad SMARTS) is 1. The number of hydrogen-bond donors (Lipinski definition) is 2. The number of hydrogen-bond acceptors (Lipinski definition) is 10. The van der Waals surface area contributed by atoms with Gasteiger partial charge in [-0.25, -0.2) is 0 Å². The Kier molecular flexibility index (Phi) is 16.7. The Balaban J connectivity index is 0.000000991. The molecule has 3 aliphatic rings. The summed E-state index contributed by atoms with van der Waals surface area (Å²) in [5.41, 5.74) is -0.545. The molecule has 8 atom stereocenters. The van der Waals surface area contributed by atoms with Crippen LogP contribution in [-0.4, -0.2) is 74.0 Å². The lowest BCUT2D eigenvalue weighted by Crippen LogP contribution is -2.53. The van der Waals surface area contributed by atoms with Crippen molar-refractivity contribution in [3.05, 3.63) is 0 Å². The number of esters is 4. The zero-order chi connectivity index (χ0) is 31.2. The average Bonchev–Trinajstić information content (AvgIpc) is 3.29. The van der Waals surface area contributed by atoms with Crippen molar-refractivity contribution in [2.45, 2.75) is 106 Å². The minimum atomic E-state index is -0.986. The van der Waals surface area contributed by atoms with Crippen molar-refractivity contribution in [2.24, 2.45) is 29.1 Å². The number of fused-ring (bicyclic) bond motifs is 2. The highest BCUT2D eigenvalue weighted by Crippen LogP contribution is 2.59. The molecule has 0 radical (unpaired) electrons. The first-order valence-electron chi connectivity index (χ1n) is 14.3. The smallest absolute Gasteiger partial charge is 0.311 e. The first kappa shape index (κ1) is 37.3. The molecule has 0 aromatic heterocycles. The van der Waals surface area contributed by atoms with E-state index in [1.54, 1.807) is 7.05 Å². The second-order valence-corrected chi connectivity index (χ2v) is 10.1. The van der Waals surface area contributed by atoms with E-state index in [0.717, 1.165) is 19.3 Å². The third-order valence-electron chi connectivity index (χ3n) is 7.75. The van der Waals surface area contributed by atoms with Gasteiger partial charge in [-0.3, -0.25) is 24.0 Å². The molecule has 3 rings (SSSR count). The molecule has 3 fully saturated rings. The molecule has 2 N–H and O–H groups in total. The number of methoxy groups -OCH3 is 1. The summed E-state index contributed by atoms with van der Waals surface area (Å²) in [7, 11) is 3.02. The Morgan fingerprint density at radius 2 is 1.60 bits per heavy atom. The van der Waals surface area contributed by atoms with Crippen LogP contribution < -0.4 is 5.32 Å². The van der Waals surface area contributed by atoms with Crippen LogP contribution in [0.15, 0.2) is 0 Å². The number of carbonyl (C=O) groups excluding carboxylic acids is 4. The van der Waals surface area contributed by atoms with Crippen LogP contribution in [0.25, 0.3) is 0 Å². The van der Waals surface area contributed by atoms with E-state index in [9.17, 15) is 24.0 Å². The fourth-order valence-corrected chi connectivity index (χ4v) is 6.25. The molecule has 0 aromatic rings. The van der Waals surface area contributed by atoms with Crippen LogP contribution in [0, 0.1) is 29.1 Å². The first-order valence-corrected chi connectivity index (χ1v) is 14.3. The van der Waals surface area contributed by atoms with Gasteiger partial charge in [0.2, 0.25) is 0 Å². The lowest BCUT2D eigenvalue weighted by molar-refractivity contribution is -0.179. The molecule has 2 aliphatic carbocycles. The monoisotopic (exact) mass is 573 g/mol. The quantitative estimate of drug-likeness (QED) is 0.338. The maximum atomic E-state index is 12.5. The van der Waals surface area contributed by atoms with E-state index in [1.807, 2.05) is 27.7 Å². The maximum absolute atomic E-state index is 12.5. The summed E-state index contributed by atoms with van der Waals surface area (Å²) in [6, 6.07) is 0. The van der Waals surface area contributed by atoms with Crippen molar-refractivity contribution in [1.82, 2.24) is 5.32 Å². The fraction of sp³-hybridized carbons (Fsp3) is 0.828. The van der Waals surface area contributed by atoms with Crippen molar-refractivity contribution in [1.29, 1.82) is 0 Å². The summed E-state index contributed by atoms with van der Waals surface area (Å²) in [5.74, 6) is -2.50. The van der Waals surface area contributed by atoms with Crippen molar-refractivity contribution in [3.63, 3.8) is 0 Å². The average molecular weight is 574 g/mol. The Hall–Kier alpha value is -2.69. The number of carbonyl (C=O) groups is 5. The minimum Gasteiger partial charge on any atom is -0.481 e. The SMILES string of the molecule is CC.CC.CNC[C@H]1C(=O)O[C@H]2CC[C@@H]3[C@@H](C)CC(OC(C)=O)C3(C)[C@@H](OC(C)=O)[C@@H]21.COC(=O)CCC(=O)O. The van der Waals surface area contributed by atoms with Gasteiger partial charge in [0.15, 0.2) is 0 Å². The summed E-state index contributed by atoms with van der Waals surface area (Å²) >= 11 is 0. The molecule has 1 saturated heterocycles. The zero-order valence-corrected chi connectivity index (χ0v) is 25.9. The summed E-state index contributed by atoms with van der Waals surface area (Å²) in [5, 5.41) is 11.1. The van der Waals surface area contributed by atoms with E-state index >= 15 is 0 Å². The van der Waals surface area contributed by atoms with Crippen molar-refractivity contribution >= 4 is 29.8 Å². The standard InChI is InChI=1S/C20H31NO6.C5H8O4.2C2H6/c1-10-8-16(25-11(2)22)20(4)14(10)6-7-15-17(18(20)26-12(3)23)13(9-21-5)19(24)27-15;1-9-5(8)3-2-4(6)7;2*1-2/h10,13-18,21H,6-9H2,1-5H3;2-3H2,1H3,(H,6,7);2*1-2H3/t10-,13+,14+,15-,16?,17+,18-,20?;;;/m0.../s1. The van der Waals surface area contributed by atoms with E-state index in [4.69, 9.17) is 19.3 Å². The number of rotatable bonds is 7. The lowest BCUT2D eigenvalue weighted by Gasteiger charge is -2.44. The molecule has 1 aliphatic heterocycles. The van der Waals surface area contributed by atoms with Crippen LogP contribution in [-0.2, 0) is 42.9 Å². The molecule has 2 unspecified atom stereocenters. The molecule has 40 heavy (non-hydrogen) atoms. The third kappa shape index (κ3) is 9.45. The van der Waals surface area contributed by atoms with Gasteiger partial charge in [-0.1, -0.05) is 41.5 Å². The molecule has 1 heterocycles. The van der Waals surface area contributed by atoms with Gasteiger partial charge in [0.1, 0.15) is 18.3 Å². The van der Waals surface area contributed by atoms with Crippen molar-refractivity contribution in [3.8, 4) is 0 Å². The van der Waals surface area contributed by atoms with Gasteiger partial charge in [0, 0.05) is 31.7 Å². The molecule has 11 heteroatoms. The van der Waals surface area contributed by atoms with Crippen LogP contribution in [0.5, 0.6) is 0 Å². The van der Waals surface area contributed by atoms with E-state index in [-0.39, 0.29) is 60.7 Å². The minimum absolute atomic E-state index is 0.0498. The highest BCUT2D eigenvalue weighted by Gasteiger charge is 2.65. The van der Waals surface area contributed by atoms with Crippen LogP contribution in [0.1, 0.15) is 87.5 Å². The normalized spacial score (nSPS) is 31.4. The summed E-state index contributed by atoms with van der Waals surface area (Å²) in [6.45, 7) is 15.5. The Morgan fingerprint density at radius 1 is 1.02 bits per heavy atom. The molecule has 232 valence electrons. The molecular weight excluding hydrogens is 522 g/mol. The maximum Gasteiger partial charge on any atom is 0.311 e. The predicted octanol–water partition coefficient (Wildman–Crippen LogP) is 3.76. The summed E-state index contributed by atoms with van der Waals surface area (Å²) in [6.07, 6.45) is 0.975.